The first-order valence-electron chi connectivity index (χ1n) is 4.34. The lowest BCUT2D eigenvalue weighted by atomic mass is 10.1. The minimum absolute atomic E-state index is 0.213. The summed E-state index contributed by atoms with van der Waals surface area (Å²) in [6, 6.07) is 0. The van der Waals surface area contributed by atoms with Crippen LogP contribution in [0.15, 0.2) is 11.3 Å². The molecule has 3 heteroatoms. The zero-order valence-electron chi connectivity index (χ0n) is 7.30. The first-order chi connectivity index (χ1) is 5.79. The van der Waals surface area contributed by atoms with Gasteiger partial charge in [0.05, 0.1) is 13.0 Å². The predicted octanol–water partition coefficient (Wildman–Crippen LogP) is 0.913. The van der Waals surface area contributed by atoms with E-state index in [1.807, 2.05) is 7.05 Å². The Balaban J connectivity index is 2.22. The van der Waals surface area contributed by atoms with Crippen LogP contribution in [0, 0.1) is 0 Å². The summed E-state index contributed by atoms with van der Waals surface area (Å²) in [5.41, 5.74) is 2.40. The standard InChI is InChI=1S/C9H13NO2/c1-10-8-6-12-4-2-3-7(8)5-9(10)11/h2-6H2,1H3. The molecule has 3 nitrogen and oxygen atoms in total. The van der Waals surface area contributed by atoms with Crippen LogP contribution >= 0.6 is 0 Å². The summed E-state index contributed by atoms with van der Waals surface area (Å²) >= 11 is 0. The van der Waals surface area contributed by atoms with Gasteiger partial charge in [0, 0.05) is 19.4 Å². The molecular formula is C9H13NO2. The van der Waals surface area contributed by atoms with Crippen molar-refractivity contribution in [1.29, 1.82) is 0 Å². The molecule has 2 heterocycles. The maximum atomic E-state index is 11.3. The minimum Gasteiger partial charge on any atom is -0.375 e. The zero-order valence-corrected chi connectivity index (χ0v) is 7.30. The van der Waals surface area contributed by atoms with E-state index in [0.717, 1.165) is 25.1 Å². The molecule has 0 atom stereocenters. The summed E-state index contributed by atoms with van der Waals surface area (Å²) in [4.78, 5) is 13.0. The molecule has 0 aliphatic carbocycles. The van der Waals surface area contributed by atoms with Gasteiger partial charge in [-0.15, -0.1) is 0 Å². The third kappa shape index (κ3) is 1.14. The van der Waals surface area contributed by atoms with E-state index in [-0.39, 0.29) is 5.91 Å². The number of rotatable bonds is 0. The molecule has 2 aliphatic heterocycles. The average Bonchev–Trinajstić information content (AvgIpc) is 2.30. The smallest absolute Gasteiger partial charge is 0.230 e. The largest absolute Gasteiger partial charge is 0.375 e. The van der Waals surface area contributed by atoms with Crippen LogP contribution in [-0.4, -0.2) is 31.1 Å². The lowest BCUT2D eigenvalue weighted by molar-refractivity contribution is -0.126. The fourth-order valence-corrected chi connectivity index (χ4v) is 1.78. The van der Waals surface area contributed by atoms with Crippen LogP contribution in [0.3, 0.4) is 0 Å². The van der Waals surface area contributed by atoms with Crippen molar-refractivity contribution in [3.05, 3.63) is 11.3 Å². The maximum absolute atomic E-state index is 11.3. The molecule has 1 amide bonds. The highest BCUT2D eigenvalue weighted by Gasteiger charge is 2.27. The van der Waals surface area contributed by atoms with Gasteiger partial charge in [-0.1, -0.05) is 0 Å². The van der Waals surface area contributed by atoms with E-state index >= 15 is 0 Å². The topological polar surface area (TPSA) is 29.5 Å². The van der Waals surface area contributed by atoms with E-state index in [9.17, 15) is 4.79 Å². The van der Waals surface area contributed by atoms with Gasteiger partial charge in [-0.05, 0) is 18.4 Å². The molecule has 2 rings (SSSR count). The van der Waals surface area contributed by atoms with Crippen molar-refractivity contribution in [2.24, 2.45) is 0 Å². The van der Waals surface area contributed by atoms with Crippen LogP contribution in [-0.2, 0) is 9.53 Å². The second kappa shape index (κ2) is 2.90. The first-order valence-corrected chi connectivity index (χ1v) is 4.34. The number of nitrogens with zero attached hydrogens (tertiary/aromatic N) is 1. The zero-order chi connectivity index (χ0) is 8.55. The number of ether oxygens (including phenoxy) is 1. The van der Waals surface area contributed by atoms with E-state index in [1.165, 1.54) is 5.57 Å². The molecule has 0 saturated heterocycles. The molecule has 0 aromatic heterocycles. The van der Waals surface area contributed by atoms with Crippen LogP contribution in [0.2, 0.25) is 0 Å². The van der Waals surface area contributed by atoms with Gasteiger partial charge in [0.15, 0.2) is 0 Å². The second-order valence-corrected chi connectivity index (χ2v) is 3.34. The molecule has 12 heavy (non-hydrogen) atoms. The lowest BCUT2D eigenvalue weighted by Crippen LogP contribution is -2.22. The molecule has 66 valence electrons. The quantitative estimate of drug-likeness (QED) is 0.536. The van der Waals surface area contributed by atoms with Crippen molar-refractivity contribution in [3.8, 4) is 0 Å². The highest BCUT2D eigenvalue weighted by Crippen LogP contribution is 2.28. The van der Waals surface area contributed by atoms with E-state index < -0.39 is 0 Å². The number of amides is 1. The number of carbonyl (C=O) groups excluding carboxylic acids is 1. The van der Waals surface area contributed by atoms with Crippen LogP contribution in [0.5, 0.6) is 0 Å². The third-order valence-corrected chi connectivity index (χ3v) is 2.56. The molecule has 0 spiro atoms. The number of carbonyl (C=O) groups is 1. The van der Waals surface area contributed by atoms with Crippen molar-refractivity contribution < 1.29 is 9.53 Å². The average molecular weight is 167 g/mol. The molecule has 0 radical (unpaired) electrons. The van der Waals surface area contributed by atoms with E-state index in [1.54, 1.807) is 4.90 Å². The van der Waals surface area contributed by atoms with Crippen molar-refractivity contribution in [1.82, 2.24) is 4.90 Å². The molecular weight excluding hydrogens is 154 g/mol. The van der Waals surface area contributed by atoms with E-state index in [0.29, 0.717) is 13.0 Å². The molecule has 0 saturated carbocycles. The minimum atomic E-state index is 0.213. The van der Waals surface area contributed by atoms with Gasteiger partial charge in [0.2, 0.25) is 5.91 Å². The Kier molecular flexibility index (Phi) is 1.89. The molecule has 0 bridgehead atoms. The summed E-state index contributed by atoms with van der Waals surface area (Å²) in [6.45, 7) is 1.45. The third-order valence-electron chi connectivity index (χ3n) is 2.56. The Morgan fingerprint density at radius 2 is 2.33 bits per heavy atom. The van der Waals surface area contributed by atoms with Crippen molar-refractivity contribution in [3.63, 3.8) is 0 Å². The molecule has 0 aromatic carbocycles. The Labute approximate surface area is 72.0 Å². The summed E-state index contributed by atoms with van der Waals surface area (Å²) in [5, 5.41) is 0. The summed E-state index contributed by atoms with van der Waals surface area (Å²) in [6.07, 6.45) is 2.71. The van der Waals surface area contributed by atoms with Gasteiger partial charge in [0.25, 0.3) is 0 Å². The van der Waals surface area contributed by atoms with E-state index in [4.69, 9.17) is 4.74 Å². The van der Waals surface area contributed by atoms with Gasteiger partial charge in [-0.25, -0.2) is 0 Å². The summed E-state index contributed by atoms with van der Waals surface area (Å²) in [5.74, 6) is 0.213. The highest BCUT2D eigenvalue weighted by atomic mass is 16.5. The molecule has 0 unspecified atom stereocenters. The summed E-state index contributed by atoms with van der Waals surface area (Å²) < 4.78 is 5.38. The number of hydrogen-bond acceptors (Lipinski definition) is 2. The molecule has 0 aromatic rings. The van der Waals surface area contributed by atoms with Gasteiger partial charge in [-0.3, -0.25) is 4.79 Å². The molecule has 0 N–H and O–H groups in total. The molecule has 2 aliphatic rings. The van der Waals surface area contributed by atoms with Crippen LogP contribution in [0.4, 0.5) is 0 Å². The Morgan fingerprint density at radius 3 is 3.17 bits per heavy atom. The Morgan fingerprint density at radius 1 is 1.50 bits per heavy atom. The van der Waals surface area contributed by atoms with Crippen LogP contribution < -0.4 is 0 Å². The highest BCUT2D eigenvalue weighted by molar-refractivity contribution is 5.84. The SMILES string of the molecule is CN1C(=O)CC2=C1COCCC2. The summed E-state index contributed by atoms with van der Waals surface area (Å²) in [7, 11) is 1.83. The molecule has 0 fully saturated rings. The van der Waals surface area contributed by atoms with E-state index in [2.05, 4.69) is 0 Å². The monoisotopic (exact) mass is 167 g/mol. The fourth-order valence-electron chi connectivity index (χ4n) is 1.78. The normalized spacial score (nSPS) is 24.4. The Bertz CT molecular complexity index is 245. The van der Waals surface area contributed by atoms with Crippen LogP contribution in [0.1, 0.15) is 19.3 Å². The Hall–Kier alpha value is -0.830. The first kappa shape index (κ1) is 7.80. The predicted molar refractivity (Wildman–Crippen MR) is 44.5 cm³/mol. The van der Waals surface area contributed by atoms with Crippen molar-refractivity contribution in [2.45, 2.75) is 19.3 Å². The lowest BCUT2D eigenvalue weighted by Gasteiger charge is -2.13. The fraction of sp³-hybridized carbons (Fsp3) is 0.667. The second-order valence-electron chi connectivity index (χ2n) is 3.34. The van der Waals surface area contributed by atoms with Crippen LogP contribution in [0.25, 0.3) is 0 Å². The number of hydrogen-bond donors (Lipinski definition) is 0. The van der Waals surface area contributed by atoms with Gasteiger partial charge < -0.3 is 9.64 Å². The van der Waals surface area contributed by atoms with Gasteiger partial charge >= 0.3 is 0 Å². The van der Waals surface area contributed by atoms with Gasteiger partial charge in [-0.2, -0.15) is 0 Å². The number of likely N-dealkylation sites (N-methyl/N-ethyl adjacent to an activating group) is 1. The van der Waals surface area contributed by atoms with Crippen molar-refractivity contribution in [2.75, 3.05) is 20.3 Å². The van der Waals surface area contributed by atoms with Crippen molar-refractivity contribution >= 4 is 5.91 Å². The van der Waals surface area contributed by atoms with Gasteiger partial charge in [0.1, 0.15) is 0 Å². The maximum Gasteiger partial charge on any atom is 0.230 e.